The molecule has 1 aliphatic carbocycles. The normalized spacial score (nSPS) is 16.9. The Morgan fingerprint density at radius 3 is 2.02 bits per heavy atom. The van der Waals surface area contributed by atoms with E-state index in [4.69, 9.17) is 25.1 Å². The second kappa shape index (κ2) is 10.3. The van der Waals surface area contributed by atoms with Crippen molar-refractivity contribution < 1.29 is 4.42 Å². The standard InChI is InChI=1S/C37H30N4O/c1-3-12-27-29(23-31-32(33(27)38)28-17-10-11-18-30(28)42-31)37(2)21-19-26(20-22-37)36-40-34(24-13-6-4-7-14-24)39-35(41-36)25-15-8-5-9-16-25/h3-21,23H,22,38H2,1-2H3/b12-3-. The lowest BCUT2D eigenvalue weighted by atomic mass is 9.73. The molecule has 1 aliphatic rings. The Morgan fingerprint density at radius 1 is 0.786 bits per heavy atom. The number of benzene rings is 4. The molecule has 4 aromatic carbocycles. The van der Waals surface area contributed by atoms with Crippen molar-refractivity contribution in [3.63, 3.8) is 0 Å². The van der Waals surface area contributed by atoms with Crippen molar-refractivity contribution >= 4 is 39.3 Å². The van der Waals surface area contributed by atoms with Crippen LogP contribution in [0.3, 0.4) is 0 Å². The topological polar surface area (TPSA) is 77.8 Å². The van der Waals surface area contributed by atoms with E-state index in [9.17, 15) is 0 Å². The fourth-order valence-corrected chi connectivity index (χ4v) is 5.79. The van der Waals surface area contributed by atoms with Gasteiger partial charge in [0.2, 0.25) is 0 Å². The Kier molecular flexibility index (Phi) is 6.28. The molecule has 0 bridgehead atoms. The van der Waals surface area contributed by atoms with E-state index in [1.54, 1.807) is 0 Å². The maximum atomic E-state index is 6.87. The molecule has 204 valence electrons. The van der Waals surface area contributed by atoms with Crippen molar-refractivity contribution in [3.8, 4) is 22.8 Å². The molecule has 0 amide bonds. The predicted octanol–water partition coefficient (Wildman–Crippen LogP) is 9.02. The van der Waals surface area contributed by atoms with E-state index in [0.29, 0.717) is 17.5 Å². The number of nitrogens with two attached hydrogens (primary N) is 1. The maximum absolute atomic E-state index is 6.87. The summed E-state index contributed by atoms with van der Waals surface area (Å²) in [5.41, 5.74) is 14.0. The van der Waals surface area contributed by atoms with Gasteiger partial charge in [0.05, 0.1) is 11.1 Å². The van der Waals surface area contributed by atoms with Crippen molar-refractivity contribution in [2.75, 3.05) is 5.73 Å². The summed E-state index contributed by atoms with van der Waals surface area (Å²) < 4.78 is 6.27. The summed E-state index contributed by atoms with van der Waals surface area (Å²) in [6.45, 7) is 4.26. The number of anilines is 1. The number of furan rings is 1. The molecule has 0 fully saturated rings. The largest absolute Gasteiger partial charge is 0.456 e. The molecule has 42 heavy (non-hydrogen) atoms. The summed E-state index contributed by atoms with van der Waals surface area (Å²) in [5.74, 6) is 1.96. The average Bonchev–Trinajstić information content (AvgIpc) is 3.42. The van der Waals surface area contributed by atoms with Crippen molar-refractivity contribution in [1.29, 1.82) is 0 Å². The third-order valence-electron chi connectivity index (χ3n) is 8.03. The Morgan fingerprint density at radius 2 is 1.40 bits per heavy atom. The van der Waals surface area contributed by atoms with Crippen LogP contribution in [0.25, 0.3) is 56.4 Å². The zero-order chi connectivity index (χ0) is 28.7. The molecule has 5 heteroatoms. The molecule has 2 N–H and O–H groups in total. The summed E-state index contributed by atoms with van der Waals surface area (Å²) in [6.07, 6.45) is 11.5. The van der Waals surface area contributed by atoms with Crippen LogP contribution in [0, 0.1) is 0 Å². The first-order valence-electron chi connectivity index (χ1n) is 14.2. The summed E-state index contributed by atoms with van der Waals surface area (Å²) >= 11 is 0. The van der Waals surface area contributed by atoms with E-state index < -0.39 is 0 Å². The van der Waals surface area contributed by atoms with Gasteiger partial charge in [-0.3, -0.25) is 0 Å². The van der Waals surface area contributed by atoms with Gasteiger partial charge in [0.15, 0.2) is 17.5 Å². The van der Waals surface area contributed by atoms with Gasteiger partial charge in [0.1, 0.15) is 11.2 Å². The monoisotopic (exact) mass is 546 g/mol. The number of para-hydroxylation sites is 1. The molecule has 7 rings (SSSR count). The van der Waals surface area contributed by atoms with Crippen molar-refractivity contribution in [3.05, 3.63) is 132 Å². The Balaban J connectivity index is 1.32. The van der Waals surface area contributed by atoms with Crippen molar-refractivity contribution in [2.24, 2.45) is 0 Å². The van der Waals surface area contributed by atoms with E-state index in [2.05, 4.69) is 43.4 Å². The first-order chi connectivity index (χ1) is 20.5. The third kappa shape index (κ3) is 4.40. The minimum Gasteiger partial charge on any atom is -0.456 e. The lowest BCUT2D eigenvalue weighted by Crippen LogP contribution is -2.22. The SMILES string of the molecule is C/C=C\c1c(C2(C)C=CC(c3nc(-c4ccccc4)nc(-c4ccccc4)n3)=CC2)cc2oc3ccccc3c2c1N. The van der Waals surface area contributed by atoms with Crippen LogP contribution < -0.4 is 5.73 Å². The first-order valence-corrected chi connectivity index (χ1v) is 14.2. The zero-order valence-corrected chi connectivity index (χ0v) is 23.6. The Hall–Kier alpha value is -5.29. The Labute approximate surface area is 244 Å². The smallest absolute Gasteiger partial charge is 0.164 e. The van der Waals surface area contributed by atoms with Crippen LogP contribution in [0.1, 0.15) is 37.2 Å². The number of aromatic nitrogens is 3. The van der Waals surface area contributed by atoms with Gasteiger partial charge in [-0.25, -0.2) is 15.0 Å². The van der Waals surface area contributed by atoms with Gasteiger partial charge < -0.3 is 10.2 Å². The molecule has 2 aromatic heterocycles. The summed E-state index contributed by atoms with van der Waals surface area (Å²) in [6, 6.07) is 30.3. The molecular weight excluding hydrogens is 516 g/mol. The van der Waals surface area contributed by atoms with Crippen LogP contribution in [0.15, 0.2) is 120 Å². The number of rotatable bonds is 5. The van der Waals surface area contributed by atoms with Gasteiger partial charge in [0.25, 0.3) is 0 Å². The molecule has 1 atom stereocenters. The molecule has 6 aromatic rings. The molecule has 0 aliphatic heterocycles. The van der Waals surface area contributed by atoms with Gasteiger partial charge in [-0.15, -0.1) is 0 Å². The highest BCUT2D eigenvalue weighted by atomic mass is 16.3. The zero-order valence-electron chi connectivity index (χ0n) is 23.6. The molecule has 0 spiro atoms. The molecule has 2 heterocycles. The number of nitrogen functional groups attached to an aromatic ring is 1. The third-order valence-corrected chi connectivity index (χ3v) is 8.03. The molecule has 0 radical (unpaired) electrons. The summed E-state index contributed by atoms with van der Waals surface area (Å²) in [5, 5.41) is 2.00. The molecule has 1 unspecified atom stereocenters. The number of hydrogen-bond acceptors (Lipinski definition) is 5. The fourth-order valence-electron chi connectivity index (χ4n) is 5.79. The lowest BCUT2D eigenvalue weighted by molar-refractivity contribution is 0.597. The summed E-state index contributed by atoms with van der Waals surface area (Å²) in [7, 11) is 0. The van der Waals surface area contributed by atoms with Crippen LogP contribution in [0.4, 0.5) is 5.69 Å². The molecular formula is C37H30N4O. The van der Waals surface area contributed by atoms with E-state index >= 15 is 0 Å². The highest BCUT2D eigenvalue weighted by Gasteiger charge is 2.30. The molecule has 0 saturated heterocycles. The second-order valence-electron chi connectivity index (χ2n) is 10.9. The quantitative estimate of drug-likeness (QED) is 0.218. The minimum absolute atomic E-state index is 0.308. The van der Waals surface area contributed by atoms with Gasteiger partial charge in [0, 0.05) is 33.1 Å². The predicted molar refractivity (Wildman–Crippen MR) is 173 cm³/mol. The van der Waals surface area contributed by atoms with Crippen LogP contribution in [0.5, 0.6) is 0 Å². The van der Waals surface area contributed by atoms with E-state index in [1.165, 1.54) is 0 Å². The molecule has 5 nitrogen and oxygen atoms in total. The highest BCUT2D eigenvalue weighted by Crippen LogP contribution is 2.44. The van der Waals surface area contributed by atoms with Crippen LogP contribution in [-0.4, -0.2) is 15.0 Å². The molecule has 0 saturated carbocycles. The van der Waals surface area contributed by atoms with Crippen molar-refractivity contribution in [2.45, 2.75) is 25.7 Å². The van der Waals surface area contributed by atoms with Gasteiger partial charge in [-0.05, 0) is 31.0 Å². The van der Waals surface area contributed by atoms with E-state index in [1.807, 2.05) is 91.9 Å². The van der Waals surface area contributed by atoms with Gasteiger partial charge in [-0.1, -0.05) is 116 Å². The van der Waals surface area contributed by atoms with Gasteiger partial charge >= 0.3 is 0 Å². The minimum atomic E-state index is -0.308. The van der Waals surface area contributed by atoms with Crippen LogP contribution >= 0.6 is 0 Å². The second-order valence-corrected chi connectivity index (χ2v) is 10.9. The number of allylic oxidation sites excluding steroid dienone is 5. The number of hydrogen-bond donors (Lipinski definition) is 1. The van der Waals surface area contributed by atoms with Crippen LogP contribution in [0.2, 0.25) is 0 Å². The average molecular weight is 547 g/mol. The maximum Gasteiger partial charge on any atom is 0.164 e. The van der Waals surface area contributed by atoms with E-state index in [0.717, 1.165) is 61.9 Å². The fraction of sp³-hybridized carbons (Fsp3) is 0.108. The summed E-state index contributed by atoms with van der Waals surface area (Å²) in [4.78, 5) is 14.7. The number of nitrogens with zero attached hydrogens (tertiary/aromatic N) is 3. The van der Waals surface area contributed by atoms with Gasteiger partial charge in [-0.2, -0.15) is 0 Å². The first kappa shape index (κ1) is 25.7. The highest BCUT2D eigenvalue weighted by molar-refractivity contribution is 6.13. The van der Waals surface area contributed by atoms with Crippen molar-refractivity contribution in [1.82, 2.24) is 15.0 Å². The number of fused-ring (bicyclic) bond motifs is 3. The lowest BCUT2D eigenvalue weighted by Gasteiger charge is -2.31. The van der Waals surface area contributed by atoms with E-state index in [-0.39, 0.29) is 5.41 Å². The van der Waals surface area contributed by atoms with Crippen LogP contribution in [-0.2, 0) is 5.41 Å². The Bertz CT molecular complexity index is 1980.